The quantitative estimate of drug-likeness (QED) is 0.810. The number of rotatable bonds is 1. The fourth-order valence-corrected chi connectivity index (χ4v) is 1.92. The molecule has 0 bridgehead atoms. The average molecular weight is 237 g/mol. The van der Waals surface area contributed by atoms with E-state index in [0.717, 1.165) is 15.7 Å². The van der Waals surface area contributed by atoms with E-state index in [1.165, 1.54) is 5.56 Å². The van der Waals surface area contributed by atoms with Crippen molar-refractivity contribution in [3.05, 3.63) is 40.5 Å². The van der Waals surface area contributed by atoms with Crippen LogP contribution in [-0.4, -0.2) is 10.2 Å². The van der Waals surface area contributed by atoms with Crippen molar-refractivity contribution in [3.63, 3.8) is 0 Å². The number of hydrogen-bond donors (Lipinski definition) is 1. The molecule has 1 aromatic heterocycles. The third-order valence-corrected chi connectivity index (χ3v) is 2.31. The summed E-state index contributed by atoms with van der Waals surface area (Å²) < 4.78 is 1.09. The number of hydrogen-bond acceptors (Lipinski definition) is 1. The first kappa shape index (κ1) is 8.51. The van der Waals surface area contributed by atoms with Gasteiger partial charge in [-0.25, -0.2) is 0 Å². The highest BCUT2D eigenvalue weighted by molar-refractivity contribution is 9.10. The van der Waals surface area contributed by atoms with Gasteiger partial charge < -0.3 is 0 Å². The van der Waals surface area contributed by atoms with Gasteiger partial charge in [-0.15, -0.1) is 0 Å². The number of aryl methyl sites for hydroxylation is 1. The van der Waals surface area contributed by atoms with Gasteiger partial charge in [0.2, 0.25) is 0 Å². The van der Waals surface area contributed by atoms with Gasteiger partial charge in [0.25, 0.3) is 0 Å². The number of benzene rings is 1. The smallest absolute Gasteiger partial charge is 0.0650 e. The molecular formula is C10H9BrN2. The topological polar surface area (TPSA) is 28.7 Å². The minimum absolute atomic E-state index is 1.05. The summed E-state index contributed by atoms with van der Waals surface area (Å²) in [5, 5.41) is 6.85. The minimum atomic E-state index is 1.05. The lowest BCUT2D eigenvalue weighted by molar-refractivity contribution is 1.09. The molecule has 0 aliphatic rings. The van der Waals surface area contributed by atoms with Crippen molar-refractivity contribution in [3.8, 4) is 11.3 Å². The maximum atomic E-state index is 3.92. The van der Waals surface area contributed by atoms with Crippen LogP contribution in [0.2, 0.25) is 0 Å². The maximum Gasteiger partial charge on any atom is 0.0650 e. The number of halogens is 1. The van der Waals surface area contributed by atoms with E-state index >= 15 is 0 Å². The lowest BCUT2D eigenvalue weighted by Gasteiger charge is -2.00. The van der Waals surface area contributed by atoms with Gasteiger partial charge in [-0.3, -0.25) is 5.10 Å². The third kappa shape index (κ3) is 1.80. The second kappa shape index (κ2) is 3.34. The van der Waals surface area contributed by atoms with Crippen LogP contribution in [0.3, 0.4) is 0 Å². The fourth-order valence-electron chi connectivity index (χ4n) is 1.31. The fraction of sp³-hybridized carbons (Fsp3) is 0.100. The molecule has 66 valence electrons. The molecule has 0 unspecified atom stereocenters. The van der Waals surface area contributed by atoms with Crippen LogP contribution in [0.4, 0.5) is 0 Å². The van der Waals surface area contributed by atoms with Crippen LogP contribution in [-0.2, 0) is 0 Å². The molecule has 0 amide bonds. The standard InChI is InChI=1S/C10H9BrN2/c1-7-4-8(6-9(11)5-7)10-2-3-12-13-10/h2-6H,1H3,(H,12,13). The summed E-state index contributed by atoms with van der Waals surface area (Å²) in [6, 6.07) is 8.24. The molecule has 2 aromatic rings. The normalized spacial score (nSPS) is 10.3. The largest absolute Gasteiger partial charge is 0.278 e. The molecule has 3 heteroatoms. The van der Waals surface area contributed by atoms with Gasteiger partial charge in [0.1, 0.15) is 0 Å². The Balaban J connectivity index is 2.53. The summed E-state index contributed by atoms with van der Waals surface area (Å²) in [6.45, 7) is 2.07. The van der Waals surface area contributed by atoms with Crippen molar-refractivity contribution < 1.29 is 0 Å². The summed E-state index contributed by atoms with van der Waals surface area (Å²) in [7, 11) is 0. The first-order chi connectivity index (χ1) is 6.25. The third-order valence-electron chi connectivity index (χ3n) is 1.85. The highest BCUT2D eigenvalue weighted by atomic mass is 79.9. The second-order valence-electron chi connectivity index (χ2n) is 2.99. The van der Waals surface area contributed by atoms with Gasteiger partial charge in [0.05, 0.1) is 5.69 Å². The van der Waals surface area contributed by atoms with E-state index in [0.29, 0.717) is 0 Å². The predicted molar refractivity (Wildman–Crippen MR) is 56.5 cm³/mol. The van der Waals surface area contributed by atoms with E-state index in [9.17, 15) is 0 Å². The first-order valence-electron chi connectivity index (χ1n) is 4.02. The molecule has 0 aliphatic carbocycles. The number of aromatic nitrogens is 2. The van der Waals surface area contributed by atoms with E-state index in [4.69, 9.17) is 0 Å². The molecule has 0 atom stereocenters. The SMILES string of the molecule is Cc1cc(Br)cc(-c2ccn[nH]2)c1. The molecule has 0 saturated carbocycles. The van der Waals surface area contributed by atoms with Crippen LogP contribution >= 0.6 is 15.9 Å². The van der Waals surface area contributed by atoms with Crippen molar-refractivity contribution >= 4 is 15.9 Å². The zero-order valence-corrected chi connectivity index (χ0v) is 8.80. The molecule has 2 rings (SSSR count). The Bertz CT molecular complexity index is 387. The van der Waals surface area contributed by atoms with Crippen LogP contribution in [0, 0.1) is 6.92 Å². The highest BCUT2D eigenvalue weighted by Crippen LogP contribution is 2.22. The molecule has 0 fully saturated rings. The molecule has 1 N–H and O–H groups in total. The Morgan fingerprint density at radius 1 is 1.31 bits per heavy atom. The summed E-state index contributed by atoms with van der Waals surface area (Å²) in [6.07, 6.45) is 1.76. The molecule has 13 heavy (non-hydrogen) atoms. The Morgan fingerprint density at radius 3 is 2.77 bits per heavy atom. The van der Waals surface area contributed by atoms with Gasteiger partial charge in [0.15, 0.2) is 0 Å². The van der Waals surface area contributed by atoms with Crippen molar-refractivity contribution in [2.24, 2.45) is 0 Å². The van der Waals surface area contributed by atoms with Crippen molar-refractivity contribution in [1.29, 1.82) is 0 Å². The van der Waals surface area contributed by atoms with E-state index in [1.54, 1.807) is 6.20 Å². The van der Waals surface area contributed by atoms with Gasteiger partial charge in [-0.05, 0) is 36.8 Å². The summed E-state index contributed by atoms with van der Waals surface area (Å²) in [5.74, 6) is 0. The van der Waals surface area contributed by atoms with Gasteiger partial charge in [-0.2, -0.15) is 5.10 Å². The zero-order valence-electron chi connectivity index (χ0n) is 7.21. The van der Waals surface area contributed by atoms with Crippen molar-refractivity contribution in [2.45, 2.75) is 6.92 Å². The molecule has 1 heterocycles. The summed E-state index contributed by atoms with van der Waals surface area (Å²) in [4.78, 5) is 0. The Kier molecular flexibility index (Phi) is 2.19. The summed E-state index contributed by atoms with van der Waals surface area (Å²) in [5.41, 5.74) is 3.44. The second-order valence-corrected chi connectivity index (χ2v) is 3.90. The monoisotopic (exact) mass is 236 g/mol. The predicted octanol–water partition coefficient (Wildman–Crippen LogP) is 3.15. The average Bonchev–Trinajstić information content (AvgIpc) is 2.53. The van der Waals surface area contributed by atoms with Crippen molar-refractivity contribution in [1.82, 2.24) is 10.2 Å². The lowest BCUT2D eigenvalue weighted by atomic mass is 10.1. The zero-order chi connectivity index (χ0) is 9.26. The molecule has 0 spiro atoms. The van der Waals surface area contributed by atoms with Crippen LogP contribution < -0.4 is 0 Å². The number of H-pyrrole nitrogens is 1. The van der Waals surface area contributed by atoms with Crippen LogP contribution in [0.15, 0.2) is 34.9 Å². The Morgan fingerprint density at radius 2 is 2.15 bits per heavy atom. The van der Waals surface area contributed by atoms with Gasteiger partial charge in [-0.1, -0.05) is 15.9 Å². The molecule has 0 aliphatic heterocycles. The van der Waals surface area contributed by atoms with Crippen LogP contribution in [0.5, 0.6) is 0 Å². The number of aromatic amines is 1. The van der Waals surface area contributed by atoms with Crippen LogP contribution in [0.25, 0.3) is 11.3 Å². The maximum absolute atomic E-state index is 3.92. The van der Waals surface area contributed by atoms with E-state index < -0.39 is 0 Å². The molecule has 1 aromatic carbocycles. The summed E-state index contributed by atoms with van der Waals surface area (Å²) >= 11 is 3.46. The Hall–Kier alpha value is -1.09. The highest BCUT2D eigenvalue weighted by Gasteiger charge is 2.00. The first-order valence-corrected chi connectivity index (χ1v) is 4.82. The van der Waals surface area contributed by atoms with E-state index in [-0.39, 0.29) is 0 Å². The molecule has 0 saturated heterocycles. The van der Waals surface area contributed by atoms with Gasteiger partial charge >= 0.3 is 0 Å². The molecule has 2 nitrogen and oxygen atoms in total. The van der Waals surface area contributed by atoms with E-state index in [2.05, 4.69) is 51.3 Å². The van der Waals surface area contributed by atoms with Crippen molar-refractivity contribution in [2.75, 3.05) is 0 Å². The number of nitrogens with zero attached hydrogens (tertiary/aromatic N) is 1. The van der Waals surface area contributed by atoms with Gasteiger partial charge in [0, 0.05) is 16.2 Å². The minimum Gasteiger partial charge on any atom is -0.278 e. The lowest BCUT2D eigenvalue weighted by Crippen LogP contribution is -1.80. The van der Waals surface area contributed by atoms with Crippen LogP contribution in [0.1, 0.15) is 5.56 Å². The van der Waals surface area contributed by atoms with E-state index in [1.807, 2.05) is 6.07 Å². The number of nitrogens with one attached hydrogen (secondary N) is 1. The molecular weight excluding hydrogens is 228 g/mol. The molecule has 0 radical (unpaired) electrons. The Labute approximate surface area is 85.1 Å².